The minimum absolute atomic E-state index is 0.0999. The molecule has 5 heterocycles. The van der Waals surface area contributed by atoms with Gasteiger partial charge in [0.05, 0.1) is 28.4 Å². The lowest BCUT2D eigenvalue weighted by atomic mass is 10.0. The smallest absolute Gasteiger partial charge is 0.209 e. The minimum atomic E-state index is -3.67. The largest absolute Gasteiger partial charge is 0.353 e. The second kappa shape index (κ2) is 8.87. The Labute approximate surface area is 210 Å². The molecule has 1 aromatic carbocycles. The summed E-state index contributed by atoms with van der Waals surface area (Å²) in [5.41, 5.74) is 6.98. The van der Waals surface area contributed by atoms with Crippen LogP contribution >= 0.6 is 0 Å². The zero-order valence-electron chi connectivity index (χ0n) is 19.3. The van der Waals surface area contributed by atoms with Crippen molar-refractivity contribution in [2.24, 2.45) is 5.14 Å². The number of aromatic nitrogens is 6. The van der Waals surface area contributed by atoms with Gasteiger partial charge >= 0.3 is 0 Å². The van der Waals surface area contributed by atoms with E-state index in [2.05, 4.69) is 25.1 Å². The SMILES string of the molecule is NS(=O)(=O)CCc1cc(F)cc(-c2nccc3[nH]c(-c4n[nH]c5ccc(-c6ccncc6)nc45)cc23)c1. The fourth-order valence-electron chi connectivity index (χ4n) is 4.37. The number of fused-ring (bicyclic) bond motifs is 2. The van der Waals surface area contributed by atoms with Crippen LogP contribution in [0.25, 0.3) is 55.8 Å². The van der Waals surface area contributed by atoms with E-state index in [0.717, 1.165) is 33.4 Å². The van der Waals surface area contributed by atoms with Crippen LogP contribution < -0.4 is 5.14 Å². The average Bonchev–Trinajstić information content (AvgIpc) is 3.51. The summed E-state index contributed by atoms with van der Waals surface area (Å²) in [6.45, 7) is 0. The lowest BCUT2D eigenvalue weighted by Gasteiger charge is -2.07. The van der Waals surface area contributed by atoms with Gasteiger partial charge in [-0.1, -0.05) is 0 Å². The Hall–Kier alpha value is -4.48. The second-order valence-electron chi connectivity index (χ2n) is 8.67. The number of hydrogen-bond acceptors (Lipinski definition) is 6. The number of pyridine rings is 3. The third-order valence-corrected chi connectivity index (χ3v) is 6.87. The van der Waals surface area contributed by atoms with Crippen molar-refractivity contribution in [2.75, 3.05) is 5.75 Å². The molecule has 0 unspecified atom stereocenters. The van der Waals surface area contributed by atoms with Crippen molar-refractivity contribution in [3.8, 4) is 33.9 Å². The summed E-state index contributed by atoms with van der Waals surface area (Å²) in [6.07, 6.45) is 5.17. The van der Waals surface area contributed by atoms with Crippen LogP contribution in [0, 0.1) is 5.82 Å². The van der Waals surface area contributed by atoms with E-state index in [1.807, 2.05) is 36.4 Å². The Morgan fingerprint density at radius 2 is 1.73 bits per heavy atom. The number of rotatable bonds is 6. The van der Waals surface area contributed by atoms with Crippen LogP contribution in [0.1, 0.15) is 5.56 Å². The summed E-state index contributed by atoms with van der Waals surface area (Å²) in [7, 11) is -3.67. The molecule has 184 valence electrons. The molecule has 0 spiro atoms. The van der Waals surface area contributed by atoms with Crippen molar-refractivity contribution < 1.29 is 12.8 Å². The summed E-state index contributed by atoms with van der Waals surface area (Å²) >= 11 is 0. The molecule has 0 aliphatic heterocycles. The van der Waals surface area contributed by atoms with E-state index in [0.29, 0.717) is 28.0 Å². The van der Waals surface area contributed by atoms with Gasteiger partial charge in [-0.05, 0) is 66.6 Å². The standard InChI is InChI=1S/C26H20FN7O2S/c27-18-12-15(6-10-37(28,35)36)11-17(13-18)24-19-14-23(31-21(19)5-9-30-24)26-25-22(33-34-26)2-1-20(32-25)16-3-7-29-8-4-16/h1-5,7-9,11-14,31H,6,10H2,(H,33,34)(H2,28,35,36). The topological polar surface area (TPSA) is 143 Å². The van der Waals surface area contributed by atoms with Gasteiger partial charge in [-0.2, -0.15) is 5.10 Å². The van der Waals surface area contributed by atoms with E-state index in [4.69, 9.17) is 10.1 Å². The lowest BCUT2D eigenvalue weighted by molar-refractivity contribution is 0.596. The summed E-state index contributed by atoms with van der Waals surface area (Å²) in [5, 5.41) is 13.4. The zero-order chi connectivity index (χ0) is 25.6. The number of nitrogens with one attached hydrogen (secondary N) is 2. The molecule has 0 saturated carbocycles. The van der Waals surface area contributed by atoms with E-state index in [1.54, 1.807) is 24.7 Å². The van der Waals surface area contributed by atoms with Crippen LogP contribution in [0.15, 0.2) is 73.2 Å². The van der Waals surface area contributed by atoms with Crippen LogP contribution in [0.4, 0.5) is 4.39 Å². The van der Waals surface area contributed by atoms with Gasteiger partial charge in [0.2, 0.25) is 10.0 Å². The van der Waals surface area contributed by atoms with Gasteiger partial charge in [-0.25, -0.2) is 22.9 Å². The van der Waals surface area contributed by atoms with Gasteiger partial charge < -0.3 is 4.98 Å². The van der Waals surface area contributed by atoms with Crippen LogP contribution in [-0.4, -0.2) is 44.3 Å². The minimum Gasteiger partial charge on any atom is -0.353 e. The first-order chi connectivity index (χ1) is 17.8. The molecule has 0 atom stereocenters. The van der Waals surface area contributed by atoms with E-state index in [-0.39, 0.29) is 12.2 Å². The lowest BCUT2D eigenvalue weighted by Crippen LogP contribution is -2.18. The van der Waals surface area contributed by atoms with Crippen LogP contribution in [0.2, 0.25) is 0 Å². The molecule has 0 aliphatic rings. The molecule has 0 amide bonds. The number of H-pyrrole nitrogens is 2. The maximum Gasteiger partial charge on any atom is 0.209 e. The Morgan fingerprint density at radius 1 is 0.892 bits per heavy atom. The number of aryl methyl sites for hydroxylation is 1. The normalized spacial score (nSPS) is 11.9. The molecule has 0 radical (unpaired) electrons. The maximum absolute atomic E-state index is 14.5. The van der Waals surface area contributed by atoms with Crippen molar-refractivity contribution in [3.05, 3.63) is 84.6 Å². The first kappa shape index (κ1) is 23.0. The quantitative estimate of drug-likeness (QED) is 0.305. The van der Waals surface area contributed by atoms with Crippen molar-refractivity contribution in [3.63, 3.8) is 0 Å². The Morgan fingerprint density at radius 3 is 2.54 bits per heavy atom. The van der Waals surface area contributed by atoms with Crippen molar-refractivity contribution in [2.45, 2.75) is 6.42 Å². The first-order valence-electron chi connectivity index (χ1n) is 11.4. The fourth-order valence-corrected chi connectivity index (χ4v) is 4.89. The number of nitrogens with zero attached hydrogens (tertiary/aromatic N) is 4. The number of benzene rings is 1. The molecule has 5 aromatic heterocycles. The van der Waals surface area contributed by atoms with Crippen LogP contribution in [-0.2, 0) is 16.4 Å². The number of sulfonamides is 1. The summed E-state index contributed by atoms with van der Waals surface area (Å²) < 4.78 is 37.2. The predicted molar refractivity (Wildman–Crippen MR) is 139 cm³/mol. The highest BCUT2D eigenvalue weighted by Gasteiger charge is 2.17. The number of primary sulfonamides is 1. The molecular formula is C26H20FN7O2S. The van der Waals surface area contributed by atoms with E-state index in [9.17, 15) is 12.8 Å². The number of nitrogens with two attached hydrogens (primary N) is 1. The molecule has 37 heavy (non-hydrogen) atoms. The highest BCUT2D eigenvalue weighted by Crippen LogP contribution is 2.33. The Kier molecular flexibility index (Phi) is 5.50. The zero-order valence-corrected chi connectivity index (χ0v) is 20.1. The summed E-state index contributed by atoms with van der Waals surface area (Å²) in [5.74, 6) is -0.759. The maximum atomic E-state index is 14.5. The number of halogens is 1. The molecule has 9 nitrogen and oxygen atoms in total. The van der Waals surface area contributed by atoms with Gasteiger partial charge in [-0.3, -0.25) is 15.1 Å². The van der Waals surface area contributed by atoms with Crippen molar-refractivity contribution in [1.82, 2.24) is 30.1 Å². The third kappa shape index (κ3) is 4.57. The molecule has 11 heteroatoms. The van der Waals surface area contributed by atoms with Crippen molar-refractivity contribution >= 4 is 32.0 Å². The molecule has 6 rings (SSSR count). The number of aromatic amines is 2. The van der Waals surface area contributed by atoms with E-state index >= 15 is 0 Å². The van der Waals surface area contributed by atoms with Gasteiger partial charge in [-0.15, -0.1) is 0 Å². The summed E-state index contributed by atoms with van der Waals surface area (Å²) in [4.78, 5) is 16.8. The highest BCUT2D eigenvalue weighted by atomic mass is 32.2. The van der Waals surface area contributed by atoms with Crippen LogP contribution in [0.5, 0.6) is 0 Å². The number of hydrogen-bond donors (Lipinski definition) is 3. The van der Waals surface area contributed by atoms with Gasteiger partial charge in [0.25, 0.3) is 0 Å². The molecule has 6 aromatic rings. The second-order valence-corrected chi connectivity index (χ2v) is 10.4. The Bertz CT molecular complexity index is 1880. The molecule has 0 fully saturated rings. The molecule has 0 aliphatic carbocycles. The monoisotopic (exact) mass is 513 g/mol. The van der Waals surface area contributed by atoms with Gasteiger partial charge in [0, 0.05) is 40.6 Å². The van der Waals surface area contributed by atoms with Crippen LogP contribution in [0.3, 0.4) is 0 Å². The van der Waals surface area contributed by atoms with Crippen molar-refractivity contribution in [1.29, 1.82) is 0 Å². The van der Waals surface area contributed by atoms with E-state index < -0.39 is 15.8 Å². The molecule has 4 N–H and O–H groups in total. The molecule has 0 saturated heterocycles. The predicted octanol–water partition coefficient (Wildman–Crippen LogP) is 4.20. The fraction of sp³-hybridized carbons (Fsp3) is 0.0769. The average molecular weight is 514 g/mol. The Balaban J connectivity index is 1.44. The first-order valence-corrected chi connectivity index (χ1v) is 13.1. The summed E-state index contributed by atoms with van der Waals surface area (Å²) in [6, 6.07) is 15.8. The highest BCUT2D eigenvalue weighted by molar-refractivity contribution is 7.89. The van der Waals surface area contributed by atoms with E-state index in [1.165, 1.54) is 12.1 Å². The van der Waals surface area contributed by atoms with Gasteiger partial charge in [0.15, 0.2) is 0 Å². The van der Waals surface area contributed by atoms with Gasteiger partial charge in [0.1, 0.15) is 17.0 Å². The third-order valence-electron chi connectivity index (χ3n) is 6.09. The molecule has 0 bridgehead atoms. The molecular weight excluding hydrogens is 493 g/mol.